The van der Waals surface area contributed by atoms with Crippen LogP contribution in [0, 0.1) is 22.9 Å². The molecular formula is C7H6BrFN2O2. The third kappa shape index (κ3) is 1.62. The van der Waals surface area contributed by atoms with E-state index in [0.717, 1.165) is 0 Å². The summed E-state index contributed by atoms with van der Waals surface area (Å²) in [5.74, 6) is -0.892. The molecule has 1 rings (SSSR count). The van der Waals surface area contributed by atoms with Gasteiger partial charge in [-0.15, -0.1) is 0 Å². The van der Waals surface area contributed by atoms with Crippen molar-refractivity contribution in [1.82, 2.24) is 0 Å². The van der Waals surface area contributed by atoms with Gasteiger partial charge in [-0.25, -0.2) is 0 Å². The van der Waals surface area contributed by atoms with Crippen LogP contribution in [0.2, 0.25) is 0 Å². The molecule has 0 spiro atoms. The van der Waals surface area contributed by atoms with Crippen molar-refractivity contribution in [2.24, 2.45) is 0 Å². The van der Waals surface area contributed by atoms with Crippen molar-refractivity contribution in [2.75, 3.05) is 5.73 Å². The van der Waals surface area contributed by atoms with Crippen molar-refractivity contribution in [3.63, 3.8) is 0 Å². The Morgan fingerprint density at radius 1 is 1.69 bits per heavy atom. The summed E-state index contributed by atoms with van der Waals surface area (Å²) >= 11 is 2.84. The molecule has 6 heteroatoms. The van der Waals surface area contributed by atoms with Crippen LogP contribution in [0.1, 0.15) is 5.56 Å². The number of nitro benzene ring substituents is 1. The molecule has 0 amide bonds. The zero-order valence-corrected chi connectivity index (χ0v) is 8.26. The molecule has 1 aromatic carbocycles. The Balaban J connectivity index is 3.56. The minimum atomic E-state index is -0.892. The highest BCUT2D eigenvalue weighted by Crippen LogP contribution is 2.32. The van der Waals surface area contributed by atoms with Gasteiger partial charge in [-0.1, -0.05) is 0 Å². The van der Waals surface area contributed by atoms with Crippen LogP contribution in [0.4, 0.5) is 15.8 Å². The Bertz CT molecular complexity index is 355. The van der Waals surface area contributed by atoms with Gasteiger partial charge in [-0.3, -0.25) is 10.1 Å². The lowest BCUT2D eigenvalue weighted by Crippen LogP contribution is -2.00. The molecule has 0 bridgehead atoms. The van der Waals surface area contributed by atoms with E-state index in [9.17, 15) is 14.5 Å². The molecule has 0 aliphatic heterocycles. The van der Waals surface area contributed by atoms with Gasteiger partial charge in [0.1, 0.15) is 0 Å². The maximum atomic E-state index is 13.1. The van der Waals surface area contributed by atoms with Crippen molar-refractivity contribution in [3.8, 4) is 0 Å². The first kappa shape index (κ1) is 9.91. The molecular weight excluding hydrogens is 243 g/mol. The number of halogens is 2. The Kier molecular flexibility index (Phi) is 2.51. The summed E-state index contributed by atoms with van der Waals surface area (Å²) < 4.78 is 13.2. The Labute approximate surface area is 81.8 Å². The smallest absolute Gasteiger partial charge is 0.310 e. The molecule has 0 aliphatic rings. The van der Waals surface area contributed by atoms with Crippen LogP contribution in [0.25, 0.3) is 0 Å². The molecule has 1 aromatic rings. The SMILES string of the molecule is Cc1c(N)cc(Br)c(F)c1[N+](=O)[O-]. The monoisotopic (exact) mass is 248 g/mol. The van der Waals surface area contributed by atoms with Crippen LogP contribution in [0.5, 0.6) is 0 Å². The molecule has 0 aromatic heterocycles. The largest absolute Gasteiger partial charge is 0.398 e. The molecule has 0 fully saturated rings. The first-order valence-electron chi connectivity index (χ1n) is 3.33. The molecule has 70 valence electrons. The molecule has 0 aliphatic carbocycles. The average Bonchev–Trinajstić information content (AvgIpc) is 2.01. The van der Waals surface area contributed by atoms with Crippen LogP contribution in [-0.4, -0.2) is 4.92 Å². The van der Waals surface area contributed by atoms with Crippen LogP contribution < -0.4 is 5.73 Å². The van der Waals surface area contributed by atoms with Gasteiger partial charge in [0.05, 0.1) is 15.0 Å². The Hall–Kier alpha value is -1.17. The fourth-order valence-corrected chi connectivity index (χ4v) is 1.37. The summed E-state index contributed by atoms with van der Waals surface area (Å²) in [5, 5.41) is 10.4. The van der Waals surface area contributed by atoms with E-state index in [-0.39, 0.29) is 15.7 Å². The van der Waals surface area contributed by atoms with E-state index < -0.39 is 16.4 Å². The normalized spacial score (nSPS) is 10.1. The Morgan fingerprint density at radius 2 is 2.23 bits per heavy atom. The second-order valence-corrected chi connectivity index (χ2v) is 3.35. The Morgan fingerprint density at radius 3 is 2.69 bits per heavy atom. The van der Waals surface area contributed by atoms with Crippen molar-refractivity contribution >= 4 is 27.3 Å². The van der Waals surface area contributed by atoms with E-state index in [1.54, 1.807) is 0 Å². The number of nitro groups is 1. The standard InChI is InChI=1S/C7H6BrFN2O2/c1-3-5(10)2-4(8)6(9)7(3)11(12)13/h2H,10H2,1H3. The molecule has 0 heterocycles. The highest BCUT2D eigenvalue weighted by molar-refractivity contribution is 9.10. The molecule has 0 unspecified atom stereocenters. The summed E-state index contributed by atoms with van der Waals surface area (Å²) in [7, 11) is 0. The highest BCUT2D eigenvalue weighted by Gasteiger charge is 2.22. The molecule has 0 atom stereocenters. The van der Waals surface area contributed by atoms with E-state index in [1.165, 1.54) is 13.0 Å². The zero-order chi connectivity index (χ0) is 10.2. The summed E-state index contributed by atoms with van der Waals surface area (Å²) in [4.78, 5) is 9.65. The van der Waals surface area contributed by atoms with Gasteiger partial charge in [-0.2, -0.15) is 4.39 Å². The minimum Gasteiger partial charge on any atom is -0.398 e. The van der Waals surface area contributed by atoms with Crippen molar-refractivity contribution in [3.05, 3.63) is 32.0 Å². The number of nitrogen functional groups attached to an aromatic ring is 1. The van der Waals surface area contributed by atoms with Gasteiger partial charge in [0.25, 0.3) is 0 Å². The molecule has 0 saturated heterocycles. The number of nitrogens with zero attached hydrogens (tertiary/aromatic N) is 1. The highest BCUT2D eigenvalue weighted by atomic mass is 79.9. The van der Waals surface area contributed by atoms with Gasteiger partial charge in [-0.05, 0) is 28.9 Å². The number of anilines is 1. The fraction of sp³-hybridized carbons (Fsp3) is 0.143. The molecule has 13 heavy (non-hydrogen) atoms. The van der Waals surface area contributed by atoms with Gasteiger partial charge < -0.3 is 5.73 Å². The number of hydrogen-bond donors (Lipinski definition) is 1. The quantitative estimate of drug-likeness (QED) is 0.472. The second kappa shape index (κ2) is 3.29. The topological polar surface area (TPSA) is 69.2 Å². The fourth-order valence-electron chi connectivity index (χ4n) is 0.940. The number of benzene rings is 1. The van der Waals surface area contributed by atoms with E-state index in [1.807, 2.05) is 0 Å². The summed E-state index contributed by atoms with van der Waals surface area (Å²) in [6, 6.07) is 1.30. The van der Waals surface area contributed by atoms with E-state index in [4.69, 9.17) is 5.73 Å². The number of rotatable bonds is 1. The van der Waals surface area contributed by atoms with Gasteiger partial charge in [0.15, 0.2) is 0 Å². The van der Waals surface area contributed by atoms with Gasteiger partial charge in [0.2, 0.25) is 5.82 Å². The van der Waals surface area contributed by atoms with Gasteiger partial charge >= 0.3 is 5.69 Å². The second-order valence-electron chi connectivity index (χ2n) is 2.49. The van der Waals surface area contributed by atoms with E-state index in [2.05, 4.69) is 15.9 Å². The van der Waals surface area contributed by atoms with E-state index in [0.29, 0.717) is 0 Å². The molecule has 0 radical (unpaired) electrons. The van der Waals surface area contributed by atoms with E-state index >= 15 is 0 Å². The van der Waals surface area contributed by atoms with Crippen molar-refractivity contribution < 1.29 is 9.31 Å². The number of nitrogens with two attached hydrogens (primary N) is 1. The van der Waals surface area contributed by atoms with Crippen LogP contribution in [0.3, 0.4) is 0 Å². The van der Waals surface area contributed by atoms with Crippen LogP contribution in [-0.2, 0) is 0 Å². The first-order chi connectivity index (χ1) is 5.95. The lowest BCUT2D eigenvalue weighted by atomic mass is 10.1. The third-order valence-corrected chi connectivity index (χ3v) is 2.25. The lowest BCUT2D eigenvalue weighted by molar-refractivity contribution is -0.388. The maximum Gasteiger partial charge on any atom is 0.310 e. The average molecular weight is 249 g/mol. The molecule has 0 saturated carbocycles. The van der Waals surface area contributed by atoms with Crippen LogP contribution in [0.15, 0.2) is 10.5 Å². The summed E-state index contributed by atoms with van der Waals surface area (Å²) in [6.45, 7) is 1.41. The van der Waals surface area contributed by atoms with Crippen molar-refractivity contribution in [1.29, 1.82) is 0 Å². The lowest BCUT2D eigenvalue weighted by Gasteiger charge is -2.03. The summed E-state index contributed by atoms with van der Waals surface area (Å²) in [6.07, 6.45) is 0. The predicted molar refractivity (Wildman–Crippen MR) is 49.9 cm³/mol. The summed E-state index contributed by atoms with van der Waals surface area (Å²) in [5.41, 5.74) is 5.19. The third-order valence-electron chi connectivity index (χ3n) is 1.67. The predicted octanol–water partition coefficient (Wildman–Crippen LogP) is 2.39. The molecule has 2 N–H and O–H groups in total. The van der Waals surface area contributed by atoms with Gasteiger partial charge in [0, 0.05) is 5.69 Å². The van der Waals surface area contributed by atoms with Crippen molar-refractivity contribution in [2.45, 2.75) is 6.92 Å². The molecule has 4 nitrogen and oxygen atoms in total. The zero-order valence-electron chi connectivity index (χ0n) is 6.67. The van der Waals surface area contributed by atoms with Crippen LogP contribution >= 0.6 is 15.9 Å². The first-order valence-corrected chi connectivity index (χ1v) is 4.13. The minimum absolute atomic E-state index is 0.00213. The number of hydrogen-bond acceptors (Lipinski definition) is 3. The maximum absolute atomic E-state index is 13.1.